The molecular weight excluding hydrogens is 208 g/mol. The van der Waals surface area contributed by atoms with Gasteiger partial charge in [0, 0.05) is 18.6 Å². The lowest BCUT2D eigenvalue weighted by atomic mass is 9.69. The topological polar surface area (TPSA) is 29.3 Å². The van der Waals surface area contributed by atoms with E-state index in [-0.39, 0.29) is 0 Å². The zero-order valence-corrected chi connectivity index (χ0v) is 11.9. The Kier molecular flexibility index (Phi) is 4.14. The van der Waals surface area contributed by atoms with Gasteiger partial charge in [-0.2, -0.15) is 0 Å². The first-order chi connectivity index (χ1) is 8.03. The lowest BCUT2D eigenvalue weighted by Gasteiger charge is -2.48. The Morgan fingerprint density at radius 1 is 1.24 bits per heavy atom. The van der Waals surface area contributed by atoms with E-state index in [1.54, 1.807) is 0 Å². The summed E-state index contributed by atoms with van der Waals surface area (Å²) in [5.74, 6) is 0.839. The minimum atomic E-state index is 0.559. The minimum absolute atomic E-state index is 0.559. The second kappa shape index (κ2) is 5.27. The summed E-state index contributed by atoms with van der Waals surface area (Å²) in [5, 5.41) is 0. The van der Waals surface area contributed by atoms with E-state index in [2.05, 4.69) is 25.7 Å². The van der Waals surface area contributed by atoms with Gasteiger partial charge in [0.2, 0.25) is 0 Å². The van der Waals surface area contributed by atoms with E-state index in [9.17, 15) is 0 Å². The quantitative estimate of drug-likeness (QED) is 0.801. The van der Waals surface area contributed by atoms with Gasteiger partial charge in [-0.3, -0.25) is 4.90 Å². The molecule has 2 rings (SSSR count). The molecule has 2 aliphatic rings. The molecule has 2 heteroatoms. The Balaban J connectivity index is 2.01. The summed E-state index contributed by atoms with van der Waals surface area (Å²) in [6.07, 6.45) is 8.23. The molecule has 2 fully saturated rings. The molecule has 1 aliphatic carbocycles. The first-order valence-electron chi connectivity index (χ1n) is 7.49. The fourth-order valence-electron chi connectivity index (χ4n) is 4.14. The number of nitrogens with zero attached hydrogens (tertiary/aromatic N) is 1. The third-order valence-corrected chi connectivity index (χ3v) is 5.02. The summed E-state index contributed by atoms with van der Waals surface area (Å²) in [5.41, 5.74) is 6.52. The molecule has 0 aromatic carbocycles. The van der Waals surface area contributed by atoms with E-state index >= 15 is 0 Å². The van der Waals surface area contributed by atoms with Crippen LogP contribution in [0.25, 0.3) is 0 Å². The Hall–Kier alpha value is -0.0800. The van der Waals surface area contributed by atoms with E-state index in [0.717, 1.165) is 18.5 Å². The van der Waals surface area contributed by atoms with Crippen molar-refractivity contribution in [2.75, 3.05) is 13.1 Å². The Labute approximate surface area is 107 Å². The molecule has 3 unspecified atom stereocenters. The molecular formula is C15H30N2. The fraction of sp³-hybridized carbons (Fsp3) is 1.00. The maximum Gasteiger partial charge on any atom is 0.0221 e. The van der Waals surface area contributed by atoms with E-state index in [1.165, 1.54) is 45.1 Å². The van der Waals surface area contributed by atoms with E-state index < -0.39 is 0 Å². The third-order valence-electron chi connectivity index (χ3n) is 5.02. The number of hydrogen-bond donors (Lipinski definition) is 1. The van der Waals surface area contributed by atoms with Crippen molar-refractivity contribution in [3.05, 3.63) is 0 Å². The molecule has 0 spiro atoms. The van der Waals surface area contributed by atoms with Crippen molar-refractivity contribution in [1.29, 1.82) is 0 Å². The van der Waals surface area contributed by atoms with Crippen molar-refractivity contribution >= 4 is 0 Å². The van der Waals surface area contributed by atoms with E-state index in [1.807, 2.05) is 0 Å². The van der Waals surface area contributed by atoms with Crippen molar-refractivity contribution < 1.29 is 0 Å². The lowest BCUT2D eigenvalue weighted by molar-refractivity contribution is 0.0169. The van der Waals surface area contributed by atoms with Gasteiger partial charge >= 0.3 is 0 Å². The van der Waals surface area contributed by atoms with Gasteiger partial charge in [0.05, 0.1) is 0 Å². The molecule has 1 heterocycles. The number of likely N-dealkylation sites (tertiary alicyclic amines) is 1. The highest BCUT2D eigenvalue weighted by Gasteiger charge is 2.37. The van der Waals surface area contributed by atoms with Gasteiger partial charge in [-0.25, -0.2) is 0 Å². The van der Waals surface area contributed by atoms with Crippen molar-refractivity contribution in [3.63, 3.8) is 0 Å². The monoisotopic (exact) mass is 238 g/mol. The summed E-state index contributed by atoms with van der Waals surface area (Å²) in [7, 11) is 0. The minimum Gasteiger partial charge on any atom is -0.329 e. The largest absolute Gasteiger partial charge is 0.329 e. The molecule has 0 aromatic heterocycles. The second-order valence-corrected chi connectivity index (χ2v) is 7.07. The van der Waals surface area contributed by atoms with Crippen LogP contribution >= 0.6 is 0 Å². The van der Waals surface area contributed by atoms with Gasteiger partial charge in [0.15, 0.2) is 0 Å². The molecule has 0 amide bonds. The van der Waals surface area contributed by atoms with Crippen LogP contribution in [-0.2, 0) is 0 Å². The molecule has 17 heavy (non-hydrogen) atoms. The van der Waals surface area contributed by atoms with Crippen LogP contribution in [0.4, 0.5) is 0 Å². The maximum absolute atomic E-state index is 5.96. The molecule has 0 bridgehead atoms. The second-order valence-electron chi connectivity index (χ2n) is 7.07. The first-order valence-corrected chi connectivity index (χ1v) is 7.49. The van der Waals surface area contributed by atoms with Crippen LogP contribution in [0.1, 0.15) is 59.3 Å². The van der Waals surface area contributed by atoms with Gasteiger partial charge in [-0.1, -0.05) is 27.2 Å². The summed E-state index contributed by atoms with van der Waals surface area (Å²) in [6.45, 7) is 9.45. The molecule has 1 aliphatic heterocycles. The molecule has 100 valence electrons. The van der Waals surface area contributed by atoms with Crippen molar-refractivity contribution in [1.82, 2.24) is 4.90 Å². The van der Waals surface area contributed by atoms with Gasteiger partial charge in [-0.15, -0.1) is 0 Å². The maximum atomic E-state index is 5.96. The van der Waals surface area contributed by atoms with Gasteiger partial charge < -0.3 is 5.73 Å². The van der Waals surface area contributed by atoms with Gasteiger partial charge in [-0.05, 0) is 50.0 Å². The standard InChI is InChI=1S/C15H30N2/c1-12-10-15(2,3)8-7-14(12)17-9-5-4-6-13(17)11-16/h12-14H,4-11,16H2,1-3H3. The molecule has 3 atom stereocenters. The third kappa shape index (κ3) is 3.03. The van der Waals surface area contributed by atoms with Crippen LogP contribution in [-0.4, -0.2) is 30.1 Å². The highest BCUT2D eigenvalue weighted by molar-refractivity contribution is 4.92. The number of hydrogen-bond acceptors (Lipinski definition) is 2. The SMILES string of the molecule is CC1CC(C)(C)CCC1N1CCCCC1CN. The Bertz CT molecular complexity index is 249. The zero-order valence-electron chi connectivity index (χ0n) is 11.9. The smallest absolute Gasteiger partial charge is 0.0221 e. The van der Waals surface area contributed by atoms with Crippen LogP contribution in [0.3, 0.4) is 0 Å². The van der Waals surface area contributed by atoms with Gasteiger partial charge in [0.25, 0.3) is 0 Å². The van der Waals surface area contributed by atoms with Crippen LogP contribution in [0, 0.1) is 11.3 Å². The molecule has 2 nitrogen and oxygen atoms in total. The average molecular weight is 238 g/mol. The molecule has 1 saturated heterocycles. The van der Waals surface area contributed by atoms with Crippen LogP contribution in [0.15, 0.2) is 0 Å². The molecule has 0 radical (unpaired) electrons. The zero-order chi connectivity index (χ0) is 12.5. The Morgan fingerprint density at radius 2 is 2.00 bits per heavy atom. The van der Waals surface area contributed by atoms with Crippen LogP contribution in [0.2, 0.25) is 0 Å². The highest BCUT2D eigenvalue weighted by Crippen LogP contribution is 2.41. The number of piperidine rings is 1. The van der Waals surface area contributed by atoms with E-state index in [4.69, 9.17) is 5.73 Å². The van der Waals surface area contributed by atoms with Gasteiger partial charge in [0.1, 0.15) is 0 Å². The van der Waals surface area contributed by atoms with Crippen molar-refractivity contribution in [3.8, 4) is 0 Å². The predicted molar refractivity (Wildman–Crippen MR) is 74.0 cm³/mol. The highest BCUT2D eigenvalue weighted by atomic mass is 15.2. The summed E-state index contributed by atoms with van der Waals surface area (Å²) in [6, 6.07) is 1.47. The number of nitrogens with two attached hydrogens (primary N) is 1. The van der Waals surface area contributed by atoms with Crippen molar-refractivity contribution in [2.24, 2.45) is 17.1 Å². The summed E-state index contributed by atoms with van der Waals surface area (Å²) in [4.78, 5) is 2.75. The van der Waals surface area contributed by atoms with E-state index in [0.29, 0.717) is 11.5 Å². The van der Waals surface area contributed by atoms with Crippen LogP contribution in [0.5, 0.6) is 0 Å². The summed E-state index contributed by atoms with van der Waals surface area (Å²) >= 11 is 0. The molecule has 1 saturated carbocycles. The summed E-state index contributed by atoms with van der Waals surface area (Å²) < 4.78 is 0. The predicted octanol–water partition coefficient (Wildman–Crippen LogP) is 3.01. The van der Waals surface area contributed by atoms with Crippen LogP contribution < -0.4 is 5.73 Å². The van der Waals surface area contributed by atoms with Crippen molar-refractivity contribution in [2.45, 2.75) is 71.4 Å². The lowest BCUT2D eigenvalue weighted by Crippen LogP contribution is -2.53. The fourth-order valence-corrected chi connectivity index (χ4v) is 4.14. The molecule has 2 N–H and O–H groups in total. The normalized spacial score (nSPS) is 39.2. The first kappa shape index (κ1) is 13.4. The Morgan fingerprint density at radius 3 is 2.65 bits per heavy atom. The number of rotatable bonds is 2. The average Bonchev–Trinajstić information content (AvgIpc) is 2.28. The molecule has 0 aromatic rings.